The van der Waals surface area contributed by atoms with Crippen molar-refractivity contribution in [2.24, 2.45) is 5.92 Å². The minimum Gasteiger partial charge on any atom is -0.268 e. The molecule has 0 aromatic carbocycles. The minimum atomic E-state index is -3.74. The smallest absolute Gasteiger partial charge is 0.268 e. The van der Waals surface area contributed by atoms with Crippen LogP contribution in [0.3, 0.4) is 0 Å². The molecule has 0 aliphatic heterocycles. The third kappa shape index (κ3) is 3.89. The van der Waals surface area contributed by atoms with Gasteiger partial charge in [-0.2, -0.15) is 8.42 Å². The van der Waals surface area contributed by atoms with Crippen LogP contribution >= 0.6 is 0 Å². The Morgan fingerprint density at radius 1 is 1.43 bits per heavy atom. The van der Waals surface area contributed by atoms with E-state index in [1.54, 1.807) is 19.3 Å². The number of carbonyl (C=O) groups is 1. The van der Waals surface area contributed by atoms with Gasteiger partial charge in [0.1, 0.15) is 0 Å². The Balaban J connectivity index is 4.36. The molecule has 0 saturated carbocycles. The fourth-order valence-corrected chi connectivity index (χ4v) is 1.57. The molecule has 0 aromatic heterocycles. The molecule has 0 aliphatic rings. The Morgan fingerprint density at radius 2 is 1.93 bits per heavy atom. The fraction of sp³-hybridized carbons (Fsp3) is 0.625. The number of hydrogen-bond donors (Lipinski definition) is 1. The number of amides is 1. The molecule has 0 rings (SSSR count). The fourth-order valence-electron chi connectivity index (χ4n) is 0.550. The van der Waals surface area contributed by atoms with Crippen LogP contribution in [0.1, 0.15) is 20.8 Å². The molecule has 14 heavy (non-hydrogen) atoms. The van der Waals surface area contributed by atoms with Crippen LogP contribution in [0.2, 0.25) is 0 Å². The van der Waals surface area contributed by atoms with Gasteiger partial charge in [0.2, 0.25) is 0 Å². The van der Waals surface area contributed by atoms with E-state index in [4.69, 9.17) is 0 Å². The van der Waals surface area contributed by atoms with Gasteiger partial charge in [-0.3, -0.25) is 4.79 Å². The van der Waals surface area contributed by atoms with Crippen LogP contribution in [0.25, 0.3) is 0 Å². The van der Waals surface area contributed by atoms with Crippen LogP contribution in [0, 0.1) is 5.92 Å². The van der Waals surface area contributed by atoms with Gasteiger partial charge in [0, 0.05) is 0 Å². The Labute approximate surface area is 84.2 Å². The molecular weight excluding hydrogens is 206 g/mol. The Bertz CT molecular complexity index is 307. The molecule has 5 nitrogen and oxygen atoms in total. The molecule has 1 atom stereocenters. The van der Waals surface area contributed by atoms with Gasteiger partial charge in [-0.1, -0.05) is 20.4 Å². The zero-order chi connectivity index (χ0) is 11.4. The van der Waals surface area contributed by atoms with E-state index in [-0.39, 0.29) is 5.92 Å². The summed E-state index contributed by atoms with van der Waals surface area (Å²) in [6.45, 7) is 8.17. The summed E-state index contributed by atoms with van der Waals surface area (Å²) < 4.78 is 26.9. The molecule has 0 saturated heterocycles. The van der Waals surface area contributed by atoms with Gasteiger partial charge in [0.25, 0.3) is 16.0 Å². The van der Waals surface area contributed by atoms with Crippen LogP contribution in [0.5, 0.6) is 0 Å². The zero-order valence-electron chi connectivity index (χ0n) is 8.48. The molecule has 1 unspecified atom stereocenters. The van der Waals surface area contributed by atoms with Gasteiger partial charge < -0.3 is 0 Å². The maximum atomic E-state index is 11.3. The second-order valence-electron chi connectivity index (χ2n) is 3.20. The maximum Gasteiger partial charge on any atom is 0.290 e. The topological polar surface area (TPSA) is 72.5 Å². The zero-order valence-corrected chi connectivity index (χ0v) is 9.30. The van der Waals surface area contributed by atoms with E-state index < -0.39 is 21.3 Å². The van der Waals surface area contributed by atoms with Crippen molar-refractivity contribution in [1.29, 1.82) is 0 Å². The van der Waals surface area contributed by atoms with Gasteiger partial charge in [0.15, 0.2) is 0 Å². The van der Waals surface area contributed by atoms with Gasteiger partial charge in [-0.05, 0) is 18.9 Å². The molecule has 0 aliphatic carbocycles. The SMILES string of the molecule is C=CC(=O)NOS(=O)(=O)C(C)C(C)C. The summed E-state index contributed by atoms with van der Waals surface area (Å²) >= 11 is 0. The van der Waals surface area contributed by atoms with Crippen molar-refractivity contribution in [1.82, 2.24) is 5.48 Å². The Hall–Kier alpha value is -0.880. The lowest BCUT2D eigenvalue weighted by Crippen LogP contribution is -2.33. The van der Waals surface area contributed by atoms with Crippen LogP contribution in [-0.4, -0.2) is 19.6 Å². The van der Waals surface area contributed by atoms with Gasteiger partial charge in [-0.15, -0.1) is 4.28 Å². The lowest BCUT2D eigenvalue weighted by atomic mass is 10.2. The molecule has 1 N–H and O–H groups in total. The van der Waals surface area contributed by atoms with Crippen LogP contribution < -0.4 is 5.48 Å². The summed E-state index contributed by atoms with van der Waals surface area (Å²) in [5, 5.41) is -0.674. The Kier molecular flexibility index (Phi) is 4.79. The highest BCUT2D eigenvalue weighted by Gasteiger charge is 2.25. The summed E-state index contributed by atoms with van der Waals surface area (Å²) in [7, 11) is -3.74. The number of hydrogen-bond acceptors (Lipinski definition) is 4. The first kappa shape index (κ1) is 13.1. The lowest BCUT2D eigenvalue weighted by Gasteiger charge is -2.15. The first-order valence-electron chi connectivity index (χ1n) is 4.16. The molecule has 82 valence electrons. The molecule has 0 heterocycles. The summed E-state index contributed by atoms with van der Waals surface area (Å²) in [6.07, 6.45) is 0.926. The predicted octanol–water partition coefficient (Wildman–Crippen LogP) is 0.595. The summed E-state index contributed by atoms with van der Waals surface area (Å²) in [6, 6.07) is 0. The summed E-state index contributed by atoms with van der Waals surface area (Å²) in [5.74, 6) is -0.773. The van der Waals surface area contributed by atoms with Crippen LogP contribution in [0.15, 0.2) is 12.7 Å². The second kappa shape index (κ2) is 5.11. The predicted molar refractivity (Wildman–Crippen MR) is 52.6 cm³/mol. The van der Waals surface area contributed by atoms with Crippen molar-refractivity contribution >= 4 is 16.0 Å². The number of hydroxylamine groups is 1. The van der Waals surface area contributed by atoms with Gasteiger partial charge >= 0.3 is 0 Å². The normalized spacial score (nSPS) is 13.7. The highest BCUT2D eigenvalue weighted by molar-refractivity contribution is 7.87. The van der Waals surface area contributed by atoms with Crippen molar-refractivity contribution in [2.45, 2.75) is 26.0 Å². The Morgan fingerprint density at radius 3 is 2.29 bits per heavy atom. The van der Waals surface area contributed by atoms with Gasteiger partial charge in [0.05, 0.1) is 5.25 Å². The third-order valence-electron chi connectivity index (χ3n) is 1.84. The average molecular weight is 221 g/mol. The average Bonchev–Trinajstić information content (AvgIpc) is 2.12. The number of rotatable bonds is 5. The quantitative estimate of drug-likeness (QED) is 0.545. The van der Waals surface area contributed by atoms with Crippen molar-refractivity contribution < 1.29 is 17.5 Å². The van der Waals surface area contributed by atoms with E-state index in [0.29, 0.717) is 0 Å². The second-order valence-corrected chi connectivity index (χ2v) is 5.09. The summed E-state index contributed by atoms with van der Waals surface area (Å²) in [5.41, 5.74) is 1.76. The first-order chi connectivity index (χ1) is 6.31. The molecule has 0 spiro atoms. The monoisotopic (exact) mass is 221 g/mol. The van der Waals surface area contributed by atoms with Crippen LogP contribution in [-0.2, 0) is 19.2 Å². The maximum absolute atomic E-state index is 11.3. The largest absolute Gasteiger partial charge is 0.290 e. The molecule has 0 bridgehead atoms. The highest BCUT2D eigenvalue weighted by Crippen LogP contribution is 2.12. The van der Waals surface area contributed by atoms with E-state index in [1.165, 1.54) is 6.92 Å². The van der Waals surface area contributed by atoms with E-state index in [1.807, 2.05) is 0 Å². The van der Waals surface area contributed by atoms with E-state index in [9.17, 15) is 13.2 Å². The molecular formula is C8H15NO4S. The van der Waals surface area contributed by atoms with E-state index in [2.05, 4.69) is 10.9 Å². The molecule has 6 heteroatoms. The number of nitrogens with one attached hydrogen (secondary N) is 1. The highest BCUT2D eigenvalue weighted by atomic mass is 32.2. The lowest BCUT2D eigenvalue weighted by molar-refractivity contribution is -0.122. The first-order valence-corrected chi connectivity index (χ1v) is 5.63. The standard InChI is InChI=1S/C8H15NO4S/c1-5-8(10)9-13-14(11,12)7(4)6(2)3/h5-7H,1H2,2-4H3,(H,9,10). The van der Waals surface area contributed by atoms with Crippen molar-refractivity contribution in [3.05, 3.63) is 12.7 Å². The molecule has 0 radical (unpaired) electrons. The van der Waals surface area contributed by atoms with Crippen molar-refractivity contribution in [2.75, 3.05) is 0 Å². The minimum absolute atomic E-state index is 0.0827. The van der Waals surface area contributed by atoms with Crippen molar-refractivity contribution in [3.8, 4) is 0 Å². The molecule has 0 aromatic rings. The number of carbonyl (C=O) groups excluding carboxylic acids is 1. The van der Waals surface area contributed by atoms with Gasteiger partial charge in [-0.25, -0.2) is 5.48 Å². The summed E-state index contributed by atoms with van der Waals surface area (Å²) in [4.78, 5) is 10.6. The van der Waals surface area contributed by atoms with E-state index in [0.717, 1.165) is 6.08 Å². The third-order valence-corrected chi connectivity index (χ3v) is 3.61. The molecule has 1 amide bonds. The van der Waals surface area contributed by atoms with Crippen LogP contribution in [0.4, 0.5) is 0 Å². The van der Waals surface area contributed by atoms with Crippen molar-refractivity contribution in [3.63, 3.8) is 0 Å². The molecule has 0 fully saturated rings. The van der Waals surface area contributed by atoms with E-state index >= 15 is 0 Å².